The third-order valence-corrected chi connectivity index (χ3v) is 3.70. The average Bonchev–Trinajstić information content (AvgIpc) is 2.99. The predicted molar refractivity (Wildman–Crippen MR) is 90.5 cm³/mol. The number of nitrogens with one attached hydrogen (secondary N) is 1. The summed E-state index contributed by atoms with van der Waals surface area (Å²) in [6, 6.07) is 14.8. The minimum absolute atomic E-state index is 0.0863. The van der Waals surface area contributed by atoms with E-state index in [1.54, 1.807) is 18.2 Å². The van der Waals surface area contributed by atoms with E-state index in [-0.39, 0.29) is 17.7 Å². The van der Waals surface area contributed by atoms with Crippen LogP contribution >= 0.6 is 0 Å². The van der Waals surface area contributed by atoms with Gasteiger partial charge in [-0.1, -0.05) is 37.3 Å². The van der Waals surface area contributed by atoms with Crippen molar-refractivity contribution in [3.63, 3.8) is 0 Å². The summed E-state index contributed by atoms with van der Waals surface area (Å²) in [7, 11) is 0. The number of fused-ring (bicyclic) bond motifs is 1. The van der Waals surface area contributed by atoms with Gasteiger partial charge in [-0.2, -0.15) is 0 Å². The lowest BCUT2D eigenvalue weighted by Crippen LogP contribution is -2.22. The summed E-state index contributed by atoms with van der Waals surface area (Å²) >= 11 is 0. The lowest BCUT2D eigenvalue weighted by atomic mass is 10.0. The molecule has 122 valence electrons. The van der Waals surface area contributed by atoms with Crippen LogP contribution in [0, 0.1) is 5.92 Å². The van der Waals surface area contributed by atoms with Crippen molar-refractivity contribution in [2.24, 2.45) is 11.7 Å². The number of carbonyl (C=O) groups is 2. The number of primary amides is 1. The minimum Gasteiger partial charge on any atom is -0.432 e. The summed E-state index contributed by atoms with van der Waals surface area (Å²) in [6.45, 7) is 1.88. The van der Waals surface area contributed by atoms with E-state index in [0.29, 0.717) is 23.2 Å². The minimum atomic E-state index is -0.728. The second-order valence-electron chi connectivity index (χ2n) is 5.65. The quantitative estimate of drug-likeness (QED) is 0.754. The Kier molecular flexibility index (Phi) is 4.29. The zero-order valence-corrected chi connectivity index (χ0v) is 13.2. The molecule has 2 amide bonds. The van der Waals surface area contributed by atoms with Gasteiger partial charge in [0.15, 0.2) is 5.58 Å². The summed E-state index contributed by atoms with van der Waals surface area (Å²) in [5.41, 5.74) is 7.76. The second-order valence-corrected chi connectivity index (χ2v) is 5.65. The summed E-state index contributed by atoms with van der Waals surface area (Å²) in [5, 5.41) is 2.86. The SMILES string of the molecule is CC(Cc1ccccc1)C(=O)Nc1ccc2oc(C(N)=O)nc2c1. The molecule has 0 aliphatic heterocycles. The lowest BCUT2D eigenvalue weighted by Gasteiger charge is -2.12. The fourth-order valence-corrected chi connectivity index (χ4v) is 2.44. The Hall–Kier alpha value is -3.15. The molecule has 1 aromatic heterocycles. The standard InChI is InChI=1S/C18H17N3O3/c1-11(9-12-5-3-2-4-6-12)17(23)20-13-7-8-15-14(10-13)21-18(24-15)16(19)22/h2-8,10-11H,9H2,1H3,(H2,19,22)(H,20,23). The first-order valence-corrected chi connectivity index (χ1v) is 7.58. The summed E-state index contributed by atoms with van der Waals surface area (Å²) in [5.74, 6) is -1.14. The van der Waals surface area contributed by atoms with Crippen molar-refractivity contribution in [3.05, 3.63) is 60.0 Å². The largest absolute Gasteiger partial charge is 0.432 e. The van der Waals surface area contributed by atoms with Crippen LogP contribution < -0.4 is 11.1 Å². The van der Waals surface area contributed by atoms with Crippen molar-refractivity contribution in [1.82, 2.24) is 4.98 Å². The van der Waals surface area contributed by atoms with Crippen LogP contribution in [0.3, 0.4) is 0 Å². The summed E-state index contributed by atoms with van der Waals surface area (Å²) in [6.07, 6.45) is 0.657. The molecular weight excluding hydrogens is 306 g/mol. The van der Waals surface area contributed by atoms with E-state index in [0.717, 1.165) is 5.56 Å². The van der Waals surface area contributed by atoms with E-state index in [1.165, 1.54) is 0 Å². The molecule has 3 N–H and O–H groups in total. The molecule has 0 spiro atoms. The molecule has 0 bridgehead atoms. The van der Waals surface area contributed by atoms with Crippen LogP contribution in [0.4, 0.5) is 5.69 Å². The molecule has 0 radical (unpaired) electrons. The molecule has 6 nitrogen and oxygen atoms in total. The Morgan fingerprint density at radius 1 is 1.21 bits per heavy atom. The maximum atomic E-state index is 12.3. The molecule has 6 heteroatoms. The topological polar surface area (TPSA) is 98.2 Å². The van der Waals surface area contributed by atoms with Crippen molar-refractivity contribution >= 4 is 28.6 Å². The van der Waals surface area contributed by atoms with Crippen molar-refractivity contribution < 1.29 is 14.0 Å². The van der Waals surface area contributed by atoms with Crippen LogP contribution in [0.25, 0.3) is 11.1 Å². The molecule has 3 rings (SSSR count). The summed E-state index contributed by atoms with van der Waals surface area (Å²) < 4.78 is 5.22. The fourth-order valence-electron chi connectivity index (χ4n) is 2.44. The second kappa shape index (κ2) is 6.54. The van der Waals surface area contributed by atoms with E-state index >= 15 is 0 Å². The van der Waals surface area contributed by atoms with Crippen LogP contribution in [0.5, 0.6) is 0 Å². The van der Waals surface area contributed by atoms with Crippen LogP contribution in [0.15, 0.2) is 52.9 Å². The third-order valence-electron chi connectivity index (χ3n) is 3.70. The van der Waals surface area contributed by atoms with Crippen LogP contribution in [-0.2, 0) is 11.2 Å². The molecule has 1 unspecified atom stereocenters. The number of nitrogens with zero attached hydrogens (tertiary/aromatic N) is 1. The Bertz CT molecular complexity index is 887. The number of oxazole rings is 1. The van der Waals surface area contributed by atoms with Gasteiger partial charge in [-0.05, 0) is 30.2 Å². The van der Waals surface area contributed by atoms with Gasteiger partial charge in [0.2, 0.25) is 5.91 Å². The molecule has 2 aromatic carbocycles. The van der Waals surface area contributed by atoms with E-state index in [2.05, 4.69) is 10.3 Å². The molecule has 0 aliphatic rings. The molecular formula is C18H17N3O3. The van der Waals surface area contributed by atoms with Crippen LogP contribution in [-0.4, -0.2) is 16.8 Å². The summed E-state index contributed by atoms with van der Waals surface area (Å²) in [4.78, 5) is 27.4. The third kappa shape index (κ3) is 3.43. The van der Waals surface area contributed by atoms with Gasteiger partial charge in [-0.3, -0.25) is 9.59 Å². The monoisotopic (exact) mass is 323 g/mol. The molecule has 0 fully saturated rings. The van der Waals surface area contributed by atoms with E-state index in [9.17, 15) is 9.59 Å². The van der Waals surface area contributed by atoms with Crippen molar-refractivity contribution in [3.8, 4) is 0 Å². The number of hydrogen-bond donors (Lipinski definition) is 2. The number of amides is 2. The van der Waals surface area contributed by atoms with E-state index < -0.39 is 5.91 Å². The molecule has 3 aromatic rings. The van der Waals surface area contributed by atoms with Gasteiger partial charge in [0.05, 0.1) is 0 Å². The average molecular weight is 323 g/mol. The molecule has 24 heavy (non-hydrogen) atoms. The maximum absolute atomic E-state index is 12.3. The number of rotatable bonds is 5. The van der Waals surface area contributed by atoms with Gasteiger partial charge in [0.25, 0.3) is 5.89 Å². The highest BCUT2D eigenvalue weighted by molar-refractivity contribution is 5.95. The first-order chi connectivity index (χ1) is 11.5. The van der Waals surface area contributed by atoms with Gasteiger partial charge >= 0.3 is 5.91 Å². The number of nitrogens with two attached hydrogens (primary N) is 1. The highest BCUT2D eigenvalue weighted by Gasteiger charge is 2.15. The zero-order chi connectivity index (χ0) is 17.1. The highest BCUT2D eigenvalue weighted by atomic mass is 16.4. The smallest absolute Gasteiger partial charge is 0.304 e. The van der Waals surface area contributed by atoms with Gasteiger partial charge in [0, 0.05) is 11.6 Å². The van der Waals surface area contributed by atoms with Crippen LogP contribution in [0.2, 0.25) is 0 Å². The first kappa shape index (κ1) is 15.7. The van der Waals surface area contributed by atoms with Gasteiger partial charge in [0.1, 0.15) is 5.52 Å². The number of benzene rings is 2. The normalized spacial score (nSPS) is 12.0. The van der Waals surface area contributed by atoms with E-state index in [4.69, 9.17) is 10.2 Å². The van der Waals surface area contributed by atoms with E-state index in [1.807, 2.05) is 37.3 Å². The predicted octanol–water partition coefficient (Wildman–Crippen LogP) is 2.74. The number of hydrogen-bond acceptors (Lipinski definition) is 4. The van der Waals surface area contributed by atoms with Gasteiger partial charge in [-0.25, -0.2) is 4.98 Å². The number of aromatic nitrogens is 1. The first-order valence-electron chi connectivity index (χ1n) is 7.58. The van der Waals surface area contributed by atoms with Crippen molar-refractivity contribution in [2.75, 3.05) is 5.32 Å². The Labute approximate surface area is 138 Å². The molecule has 0 saturated carbocycles. The molecule has 0 aliphatic carbocycles. The molecule has 1 heterocycles. The van der Waals surface area contributed by atoms with Crippen molar-refractivity contribution in [2.45, 2.75) is 13.3 Å². The Morgan fingerprint density at radius 3 is 2.67 bits per heavy atom. The maximum Gasteiger partial charge on any atom is 0.304 e. The Morgan fingerprint density at radius 2 is 1.96 bits per heavy atom. The number of carbonyl (C=O) groups excluding carboxylic acids is 2. The molecule has 0 saturated heterocycles. The fraction of sp³-hybridized carbons (Fsp3) is 0.167. The van der Waals surface area contributed by atoms with Crippen LogP contribution in [0.1, 0.15) is 23.2 Å². The Balaban J connectivity index is 1.71. The highest BCUT2D eigenvalue weighted by Crippen LogP contribution is 2.21. The van der Waals surface area contributed by atoms with Crippen molar-refractivity contribution in [1.29, 1.82) is 0 Å². The van der Waals surface area contributed by atoms with Gasteiger partial charge < -0.3 is 15.5 Å². The zero-order valence-electron chi connectivity index (χ0n) is 13.2. The lowest BCUT2D eigenvalue weighted by molar-refractivity contribution is -0.119. The molecule has 1 atom stereocenters. The van der Waals surface area contributed by atoms with Gasteiger partial charge in [-0.15, -0.1) is 0 Å². The number of anilines is 1.